The molecule has 6 heteroatoms. The minimum absolute atomic E-state index is 0.0668. The van der Waals surface area contributed by atoms with E-state index in [-0.39, 0.29) is 17.8 Å². The summed E-state index contributed by atoms with van der Waals surface area (Å²) in [6.45, 7) is 0. The summed E-state index contributed by atoms with van der Waals surface area (Å²) >= 11 is 0. The molecule has 0 aliphatic heterocycles. The van der Waals surface area contributed by atoms with Crippen LogP contribution in [0.3, 0.4) is 0 Å². The van der Waals surface area contributed by atoms with Crippen LogP contribution >= 0.6 is 0 Å². The maximum Gasteiger partial charge on any atom is 0.270 e. The Morgan fingerprint density at radius 1 is 1.32 bits per heavy atom. The lowest BCUT2D eigenvalue weighted by Gasteiger charge is -2.32. The molecular formula is C13H13N3O3. The van der Waals surface area contributed by atoms with Crippen LogP contribution in [0.5, 0.6) is 0 Å². The van der Waals surface area contributed by atoms with E-state index in [1.165, 1.54) is 12.1 Å². The summed E-state index contributed by atoms with van der Waals surface area (Å²) < 4.78 is 0. The largest absolute Gasteiger partial charge is 0.393 e. The molecule has 1 fully saturated rings. The Hall–Kier alpha value is -2.21. The fourth-order valence-electron chi connectivity index (χ4n) is 2.22. The maximum atomic E-state index is 10.7. The number of nitro groups is 1. The number of nitrogens with zero attached hydrogens (tertiary/aromatic N) is 2. The van der Waals surface area contributed by atoms with Gasteiger partial charge < -0.3 is 10.4 Å². The molecule has 1 aromatic heterocycles. The number of fused-ring (bicyclic) bond motifs is 1. The van der Waals surface area contributed by atoms with Crippen LogP contribution in [0.1, 0.15) is 12.8 Å². The van der Waals surface area contributed by atoms with Gasteiger partial charge in [0.2, 0.25) is 0 Å². The third kappa shape index (κ3) is 2.34. The molecule has 2 N–H and O–H groups in total. The zero-order chi connectivity index (χ0) is 13.4. The van der Waals surface area contributed by atoms with E-state index in [9.17, 15) is 15.2 Å². The Balaban J connectivity index is 1.85. The molecule has 3 rings (SSSR count). The van der Waals surface area contributed by atoms with Crippen molar-refractivity contribution in [2.24, 2.45) is 0 Å². The summed E-state index contributed by atoms with van der Waals surface area (Å²) in [5, 5.41) is 23.9. The second-order valence-corrected chi connectivity index (χ2v) is 4.80. The summed E-state index contributed by atoms with van der Waals surface area (Å²) in [4.78, 5) is 14.7. The first-order valence-corrected chi connectivity index (χ1v) is 6.11. The average Bonchev–Trinajstić information content (AvgIpc) is 2.36. The third-order valence-electron chi connectivity index (χ3n) is 3.35. The lowest BCUT2D eigenvalue weighted by Crippen LogP contribution is -2.39. The summed E-state index contributed by atoms with van der Waals surface area (Å²) in [5.74, 6) is 0.734. The first kappa shape index (κ1) is 11.9. The zero-order valence-corrected chi connectivity index (χ0v) is 10.1. The van der Waals surface area contributed by atoms with Gasteiger partial charge in [-0.2, -0.15) is 0 Å². The predicted octanol–water partition coefficient (Wildman–Crippen LogP) is 2.08. The van der Waals surface area contributed by atoms with Crippen LogP contribution in [0.25, 0.3) is 10.9 Å². The van der Waals surface area contributed by atoms with Gasteiger partial charge in [-0.15, -0.1) is 0 Å². The quantitative estimate of drug-likeness (QED) is 0.650. The van der Waals surface area contributed by atoms with Crippen LogP contribution in [-0.2, 0) is 0 Å². The number of nitro benzene ring substituents is 1. The first-order chi connectivity index (χ1) is 9.11. The van der Waals surface area contributed by atoms with Crippen LogP contribution in [0.4, 0.5) is 11.5 Å². The molecule has 0 atom stereocenters. The second kappa shape index (κ2) is 4.47. The molecule has 1 heterocycles. The minimum Gasteiger partial charge on any atom is -0.393 e. The van der Waals surface area contributed by atoms with E-state index >= 15 is 0 Å². The Kier molecular flexibility index (Phi) is 2.79. The number of nitrogens with one attached hydrogen (secondary N) is 1. The second-order valence-electron chi connectivity index (χ2n) is 4.80. The third-order valence-corrected chi connectivity index (χ3v) is 3.35. The van der Waals surface area contributed by atoms with Crippen molar-refractivity contribution < 1.29 is 10.0 Å². The minimum atomic E-state index is -0.415. The van der Waals surface area contributed by atoms with Crippen LogP contribution in [0, 0.1) is 10.1 Å². The molecule has 0 radical (unpaired) electrons. The van der Waals surface area contributed by atoms with Gasteiger partial charge in [-0.05, 0) is 31.0 Å². The molecule has 0 spiro atoms. The summed E-state index contributed by atoms with van der Waals surface area (Å²) in [5.41, 5.74) is 0.785. The molecule has 0 amide bonds. The molecule has 0 bridgehead atoms. The Labute approximate surface area is 109 Å². The molecular weight excluding hydrogens is 246 g/mol. The average molecular weight is 259 g/mol. The van der Waals surface area contributed by atoms with Gasteiger partial charge in [0.25, 0.3) is 5.69 Å². The summed E-state index contributed by atoms with van der Waals surface area (Å²) in [7, 11) is 0. The van der Waals surface area contributed by atoms with Gasteiger partial charge >= 0.3 is 0 Å². The van der Waals surface area contributed by atoms with Crippen LogP contribution in [0.2, 0.25) is 0 Å². The molecule has 2 aromatic rings. The van der Waals surface area contributed by atoms with Gasteiger partial charge in [-0.3, -0.25) is 10.1 Å². The van der Waals surface area contributed by atoms with Gasteiger partial charge in [0, 0.05) is 23.6 Å². The number of rotatable bonds is 3. The highest BCUT2D eigenvalue weighted by Gasteiger charge is 2.27. The van der Waals surface area contributed by atoms with Gasteiger partial charge in [0.15, 0.2) is 0 Å². The van der Waals surface area contributed by atoms with Crippen molar-refractivity contribution in [2.45, 2.75) is 25.0 Å². The molecule has 1 aliphatic carbocycles. The molecule has 6 nitrogen and oxygen atoms in total. The number of aliphatic hydroxyl groups is 1. The zero-order valence-electron chi connectivity index (χ0n) is 10.1. The molecule has 19 heavy (non-hydrogen) atoms. The molecule has 1 aromatic carbocycles. The Morgan fingerprint density at radius 3 is 2.79 bits per heavy atom. The van der Waals surface area contributed by atoms with E-state index in [0.29, 0.717) is 0 Å². The van der Waals surface area contributed by atoms with E-state index in [1.807, 2.05) is 6.07 Å². The predicted molar refractivity (Wildman–Crippen MR) is 71.0 cm³/mol. The monoisotopic (exact) mass is 259 g/mol. The first-order valence-electron chi connectivity index (χ1n) is 6.11. The number of anilines is 1. The maximum absolute atomic E-state index is 10.7. The summed E-state index contributed by atoms with van der Waals surface area (Å²) in [6.07, 6.45) is 1.26. The Morgan fingerprint density at radius 2 is 2.11 bits per heavy atom. The fourth-order valence-corrected chi connectivity index (χ4v) is 2.22. The van der Waals surface area contributed by atoms with E-state index in [0.717, 1.165) is 29.6 Å². The number of benzene rings is 1. The Bertz CT molecular complexity index is 638. The van der Waals surface area contributed by atoms with Crippen molar-refractivity contribution in [1.82, 2.24) is 4.98 Å². The van der Waals surface area contributed by atoms with Gasteiger partial charge in [0.05, 0.1) is 16.5 Å². The van der Waals surface area contributed by atoms with Gasteiger partial charge in [-0.1, -0.05) is 0 Å². The van der Waals surface area contributed by atoms with E-state index in [4.69, 9.17) is 0 Å². The number of hydrogen-bond donors (Lipinski definition) is 2. The molecule has 0 saturated heterocycles. The molecule has 98 valence electrons. The van der Waals surface area contributed by atoms with Crippen molar-refractivity contribution >= 4 is 22.4 Å². The van der Waals surface area contributed by atoms with Gasteiger partial charge in [0.1, 0.15) is 5.82 Å². The SMILES string of the molecule is O=[N+]([O-])c1ccc2nc(NC3CC(O)C3)ccc2c1. The smallest absolute Gasteiger partial charge is 0.270 e. The van der Waals surface area contributed by atoms with Crippen LogP contribution in [0.15, 0.2) is 30.3 Å². The molecule has 0 unspecified atom stereocenters. The van der Waals surface area contributed by atoms with E-state index in [1.54, 1.807) is 12.1 Å². The number of non-ortho nitro benzene ring substituents is 1. The van der Waals surface area contributed by atoms with Crippen LogP contribution < -0.4 is 5.32 Å². The highest BCUT2D eigenvalue weighted by molar-refractivity contribution is 5.82. The van der Waals surface area contributed by atoms with E-state index < -0.39 is 4.92 Å². The van der Waals surface area contributed by atoms with Crippen molar-refractivity contribution in [2.75, 3.05) is 5.32 Å². The van der Waals surface area contributed by atoms with Crippen LogP contribution in [-0.4, -0.2) is 27.2 Å². The summed E-state index contributed by atoms with van der Waals surface area (Å²) in [6, 6.07) is 8.49. The van der Waals surface area contributed by atoms with Gasteiger partial charge in [-0.25, -0.2) is 4.98 Å². The number of pyridine rings is 1. The lowest BCUT2D eigenvalue weighted by atomic mass is 9.89. The highest BCUT2D eigenvalue weighted by Crippen LogP contribution is 2.25. The fraction of sp³-hybridized carbons (Fsp3) is 0.308. The number of aliphatic hydroxyl groups excluding tert-OH is 1. The van der Waals surface area contributed by atoms with Crippen molar-refractivity contribution in [1.29, 1.82) is 0 Å². The molecule has 1 aliphatic rings. The number of hydrogen-bond acceptors (Lipinski definition) is 5. The standard InChI is InChI=1S/C13H13N3O3/c17-11-6-9(7-11)14-13-4-1-8-5-10(16(18)19)2-3-12(8)15-13/h1-5,9,11,17H,6-7H2,(H,14,15). The topological polar surface area (TPSA) is 88.3 Å². The lowest BCUT2D eigenvalue weighted by molar-refractivity contribution is -0.384. The van der Waals surface area contributed by atoms with Crippen molar-refractivity contribution in [3.8, 4) is 0 Å². The van der Waals surface area contributed by atoms with Crippen molar-refractivity contribution in [3.05, 3.63) is 40.4 Å². The highest BCUT2D eigenvalue weighted by atomic mass is 16.6. The molecule has 1 saturated carbocycles. The normalized spacial score (nSPS) is 21.9. The number of aromatic nitrogens is 1. The van der Waals surface area contributed by atoms with Crippen molar-refractivity contribution in [3.63, 3.8) is 0 Å². The van der Waals surface area contributed by atoms with E-state index in [2.05, 4.69) is 10.3 Å².